The molecule has 2 aromatic rings. The fraction of sp³-hybridized carbons (Fsp3) is 0.423. The number of aryl methyl sites for hydroxylation is 1. The SMILES string of the molecule is N=C1N[C@H]2[C@H](CNC(=O)c3ccccn3)NC(=N)N3CC(NC(=O)c4cccc5c4CCCC5)[C@@H](O)[C@]23N1. The van der Waals surface area contributed by atoms with Crippen molar-refractivity contribution in [3.05, 3.63) is 65.0 Å². The molecule has 1 unspecified atom stereocenters. The summed E-state index contributed by atoms with van der Waals surface area (Å²) in [6.07, 6.45) is 4.37. The molecule has 198 valence electrons. The van der Waals surface area contributed by atoms with Crippen molar-refractivity contribution in [2.75, 3.05) is 13.1 Å². The van der Waals surface area contributed by atoms with E-state index in [0.717, 1.165) is 31.2 Å². The first-order chi connectivity index (χ1) is 18.4. The van der Waals surface area contributed by atoms with Crippen molar-refractivity contribution >= 4 is 23.7 Å². The Bertz CT molecular complexity index is 1300. The molecule has 2 amide bonds. The van der Waals surface area contributed by atoms with Gasteiger partial charge in [0.25, 0.3) is 11.8 Å². The molecule has 5 atom stereocenters. The average Bonchev–Trinajstić information content (AvgIpc) is 3.43. The highest BCUT2D eigenvalue weighted by atomic mass is 16.3. The van der Waals surface area contributed by atoms with Gasteiger partial charge in [-0.25, -0.2) is 0 Å². The number of amides is 2. The molecule has 6 rings (SSSR count). The number of aromatic nitrogens is 1. The minimum absolute atomic E-state index is 0.000656. The second-order valence-corrected chi connectivity index (χ2v) is 10.3. The summed E-state index contributed by atoms with van der Waals surface area (Å²) in [4.78, 5) is 31.7. The van der Waals surface area contributed by atoms with Gasteiger partial charge in [0.15, 0.2) is 17.6 Å². The van der Waals surface area contributed by atoms with E-state index in [0.29, 0.717) is 5.56 Å². The van der Waals surface area contributed by atoms with E-state index < -0.39 is 29.9 Å². The first-order valence-electron chi connectivity index (χ1n) is 12.9. The van der Waals surface area contributed by atoms with E-state index >= 15 is 0 Å². The monoisotopic (exact) mass is 517 g/mol. The highest BCUT2D eigenvalue weighted by Gasteiger charge is 2.66. The molecule has 4 heterocycles. The van der Waals surface area contributed by atoms with Crippen LogP contribution >= 0.6 is 0 Å². The van der Waals surface area contributed by atoms with Crippen LogP contribution in [0.2, 0.25) is 0 Å². The molecule has 3 aliphatic heterocycles. The third-order valence-electron chi connectivity index (χ3n) is 8.09. The molecular weight excluding hydrogens is 486 g/mol. The summed E-state index contributed by atoms with van der Waals surface area (Å²) in [7, 11) is 0. The summed E-state index contributed by atoms with van der Waals surface area (Å²) in [6, 6.07) is 9.07. The van der Waals surface area contributed by atoms with Crippen LogP contribution in [0.1, 0.15) is 44.8 Å². The number of hydrogen-bond acceptors (Lipinski definition) is 6. The molecule has 0 bridgehead atoms. The quantitative estimate of drug-likeness (QED) is 0.256. The Balaban J connectivity index is 1.22. The summed E-state index contributed by atoms with van der Waals surface area (Å²) in [5.74, 6) is -0.573. The number of fused-ring (bicyclic) bond motifs is 1. The van der Waals surface area contributed by atoms with Crippen LogP contribution in [0.25, 0.3) is 0 Å². The van der Waals surface area contributed by atoms with Gasteiger partial charge in [0.05, 0.1) is 18.1 Å². The second kappa shape index (κ2) is 9.28. The number of aliphatic hydroxyl groups excluding tert-OH is 1. The molecule has 1 aliphatic carbocycles. The van der Waals surface area contributed by atoms with Gasteiger partial charge in [-0.3, -0.25) is 25.4 Å². The molecule has 0 radical (unpaired) electrons. The zero-order valence-corrected chi connectivity index (χ0v) is 20.8. The van der Waals surface area contributed by atoms with Crippen LogP contribution in [-0.4, -0.2) is 81.7 Å². The smallest absolute Gasteiger partial charge is 0.269 e. The average molecular weight is 518 g/mol. The topological polar surface area (TPSA) is 178 Å². The Hall–Kier alpha value is -4.19. The van der Waals surface area contributed by atoms with E-state index in [1.807, 2.05) is 12.1 Å². The van der Waals surface area contributed by atoms with Crippen molar-refractivity contribution in [1.82, 2.24) is 36.5 Å². The highest BCUT2D eigenvalue weighted by molar-refractivity contribution is 5.97. The number of nitrogens with one attached hydrogen (secondary N) is 7. The summed E-state index contributed by atoms with van der Waals surface area (Å²) in [5.41, 5.74) is 1.92. The number of carbonyl (C=O) groups excluding carboxylic acids is 2. The molecule has 4 aliphatic rings. The Labute approximate surface area is 219 Å². The van der Waals surface area contributed by atoms with Gasteiger partial charge < -0.3 is 36.6 Å². The van der Waals surface area contributed by atoms with Crippen LogP contribution in [0.15, 0.2) is 42.6 Å². The van der Waals surface area contributed by atoms with Crippen molar-refractivity contribution in [2.24, 2.45) is 0 Å². The lowest BCUT2D eigenvalue weighted by atomic mass is 9.86. The van der Waals surface area contributed by atoms with E-state index in [1.165, 1.54) is 11.8 Å². The number of aliphatic hydroxyl groups is 1. The molecular formula is C26H31N9O3. The van der Waals surface area contributed by atoms with Gasteiger partial charge in [0, 0.05) is 24.8 Å². The Morgan fingerprint density at radius 3 is 2.76 bits per heavy atom. The van der Waals surface area contributed by atoms with Crippen molar-refractivity contribution in [2.45, 2.75) is 55.6 Å². The van der Waals surface area contributed by atoms with Crippen LogP contribution in [0.5, 0.6) is 0 Å². The molecule has 12 nitrogen and oxygen atoms in total. The molecule has 1 aromatic carbocycles. The van der Waals surface area contributed by atoms with E-state index in [-0.39, 0.29) is 42.5 Å². The molecule has 3 fully saturated rings. The van der Waals surface area contributed by atoms with Crippen molar-refractivity contribution in [1.29, 1.82) is 10.8 Å². The fourth-order valence-electron chi connectivity index (χ4n) is 6.33. The van der Waals surface area contributed by atoms with E-state index in [4.69, 9.17) is 10.8 Å². The zero-order valence-electron chi connectivity index (χ0n) is 20.8. The maximum absolute atomic E-state index is 13.4. The van der Waals surface area contributed by atoms with Gasteiger partial charge in [-0.1, -0.05) is 18.2 Å². The fourth-order valence-corrected chi connectivity index (χ4v) is 6.33. The van der Waals surface area contributed by atoms with E-state index in [2.05, 4.69) is 37.6 Å². The van der Waals surface area contributed by atoms with Crippen LogP contribution in [-0.2, 0) is 12.8 Å². The molecule has 0 saturated carbocycles. The van der Waals surface area contributed by atoms with Gasteiger partial charge in [0.1, 0.15) is 11.8 Å². The summed E-state index contributed by atoms with van der Waals surface area (Å²) in [5, 5.41) is 43.6. The largest absolute Gasteiger partial charge is 0.386 e. The molecule has 1 spiro atoms. The predicted molar refractivity (Wildman–Crippen MR) is 139 cm³/mol. The number of hydrogen-bond donors (Lipinski definition) is 8. The van der Waals surface area contributed by atoms with E-state index in [1.54, 1.807) is 23.1 Å². The lowest BCUT2D eigenvalue weighted by Crippen LogP contribution is -2.78. The Morgan fingerprint density at radius 1 is 1.11 bits per heavy atom. The maximum atomic E-state index is 13.4. The maximum Gasteiger partial charge on any atom is 0.269 e. The molecule has 1 aromatic heterocycles. The summed E-state index contributed by atoms with van der Waals surface area (Å²) >= 11 is 0. The third kappa shape index (κ3) is 3.83. The zero-order chi connectivity index (χ0) is 26.4. The van der Waals surface area contributed by atoms with Crippen LogP contribution in [0, 0.1) is 10.8 Å². The lowest BCUT2D eigenvalue weighted by molar-refractivity contribution is 0.00612. The van der Waals surface area contributed by atoms with Gasteiger partial charge in [-0.05, 0) is 55.0 Å². The number of rotatable bonds is 5. The standard InChI is InChI=1S/C26H31N9O3/c27-24-33-20-18(12-30-23(38)17-10-3-4-11-29-17)32-25(28)35-13-19(21(36)26(20,35)34-24)31-22(37)16-9-5-7-14-6-1-2-8-15(14)16/h3-5,7,9-11,18-21,36H,1-2,6,8,12-13H2,(H2,28,32)(H,30,38)(H,31,37)(H3,27,33,34)/t18-,19?,20-,21+,26-/m0/s1. The minimum atomic E-state index is -1.24. The van der Waals surface area contributed by atoms with Gasteiger partial charge >= 0.3 is 0 Å². The molecule has 12 heteroatoms. The Morgan fingerprint density at radius 2 is 1.95 bits per heavy atom. The number of pyridine rings is 1. The number of guanidine groups is 2. The van der Waals surface area contributed by atoms with Crippen molar-refractivity contribution < 1.29 is 14.7 Å². The predicted octanol–water partition coefficient (Wildman–Crippen LogP) is -0.736. The van der Waals surface area contributed by atoms with Crippen LogP contribution < -0.4 is 26.6 Å². The third-order valence-corrected chi connectivity index (χ3v) is 8.09. The number of nitrogens with zero attached hydrogens (tertiary/aromatic N) is 2. The van der Waals surface area contributed by atoms with Crippen molar-refractivity contribution in [3.8, 4) is 0 Å². The second-order valence-electron chi connectivity index (χ2n) is 10.3. The summed E-state index contributed by atoms with van der Waals surface area (Å²) < 4.78 is 0. The molecule has 3 saturated heterocycles. The van der Waals surface area contributed by atoms with E-state index in [9.17, 15) is 14.7 Å². The van der Waals surface area contributed by atoms with Crippen LogP contribution in [0.4, 0.5) is 0 Å². The van der Waals surface area contributed by atoms with Crippen molar-refractivity contribution in [3.63, 3.8) is 0 Å². The van der Waals surface area contributed by atoms with Crippen LogP contribution in [0.3, 0.4) is 0 Å². The number of carbonyl (C=O) groups is 2. The number of benzene rings is 1. The lowest BCUT2D eigenvalue weighted by Gasteiger charge is -2.49. The first-order valence-corrected chi connectivity index (χ1v) is 12.9. The van der Waals surface area contributed by atoms with Gasteiger partial charge in [-0.2, -0.15) is 0 Å². The van der Waals surface area contributed by atoms with Gasteiger partial charge in [-0.15, -0.1) is 0 Å². The Kier molecular flexibility index (Phi) is 5.90. The minimum Gasteiger partial charge on any atom is -0.386 e. The van der Waals surface area contributed by atoms with Gasteiger partial charge in [0.2, 0.25) is 0 Å². The summed E-state index contributed by atoms with van der Waals surface area (Å²) in [6.45, 7) is 0.305. The highest BCUT2D eigenvalue weighted by Crippen LogP contribution is 2.37. The first kappa shape index (κ1) is 24.2. The molecule has 38 heavy (non-hydrogen) atoms. The molecule has 8 N–H and O–H groups in total. The normalized spacial score (nSPS) is 29.2.